The van der Waals surface area contributed by atoms with E-state index in [1.807, 2.05) is 44.2 Å². The second-order valence-electron chi connectivity index (χ2n) is 5.07. The summed E-state index contributed by atoms with van der Waals surface area (Å²) in [6.45, 7) is 4.03. The summed E-state index contributed by atoms with van der Waals surface area (Å²) >= 11 is 2.65. The highest BCUT2D eigenvalue weighted by Crippen LogP contribution is 2.41. The molecule has 0 radical (unpaired) electrons. The molecule has 0 saturated carbocycles. The van der Waals surface area contributed by atoms with E-state index in [1.165, 1.54) is 28.7 Å². The summed E-state index contributed by atoms with van der Waals surface area (Å²) < 4.78 is 0. The van der Waals surface area contributed by atoms with Crippen molar-refractivity contribution in [1.82, 2.24) is 10.2 Å². The zero-order valence-corrected chi connectivity index (χ0v) is 13.9. The molecule has 3 rings (SSSR count). The van der Waals surface area contributed by atoms with Gasteiger partial charge in [-0.3, -0.25) is 10.2 Å². The summed E-state index contributed by atoms with van der Waals surface area (Å²) in [5.74, 6) is -0.617. The number of aryl methyl sites for hydroxylation is 2. The first-order chi connectivity index (χ1) is 10.6. The zero-order valence-electron chi connectivity index (χ0n) is 12.3. The van der Waals surface area contributed by atoms with E-state index >= 15 is 0 Å². The number of rotatable bonds is 3. The minimum Gasteiger partial charge on any atom is -0.297 e. The van der Waals surface area contributed by atoms with E-state index in [9.17, 15) is 4.79 Å². The number of nitrogens with one attached hydrogen (secondary N) is 1. The maximum Gasteiger partial charge on any atom is 0.186 e. The normalized spacial score (nSPS) is 20.1. The molecule has 112 valence electrons. The van der Waals surface area contributed by atoms with Crippen molar-refractivity contribution >= 4 is 40.0 Å². The van der Waals surface area contributed by atoms with Crippen LogP contribution in [0.25, 0.3) is 6.08 Å². The summed E-state index contributed by atoms with van der Waals surface area (Å²) in [5, 5.41) is 18.1. The fourth-order valence-corrected chi connectivity index (χ4v) is 4.11. The Morgan fingerprint density at radius 1 is 1.27 bits per heavy atom. The van der Waals surface area contributed by atoms with E-state index < -0.39 is 5.92 Å². The molecule has 1 aliphatic heterocycles. The molecule has 1 saturated heterocycles. The van der Waals surface area contributed by atoms with Crippen molar-refractivity contribution in [2.75, 3.05) is 0 Å². The van der Waals surface area contributed by atoms with Gasteiger partial charge in [0, 0.05) is 0 Å². The van der Waals surface area contributed by atoms with Crippen LogP contribution in [0, 0.1) is 12.3 Å². The Balaban J connectivity index is 1.89. The quantitative estimate of drug-likeness (QED) is 0.869. The first kappa shape index (κ1) is 15.1. The predicted molar refractivity (Wildman–Crippen MR) is 91.5 cm³/mol. The van der Waals surface area contributed by atoms with Gasteiger partial charge in [-0.15, -0.1) is 21.5 Å². The highest BCUT2D eigenvalue weighted by molar-refractivity contribution is 8.19. The fourth-order valence-electron chi connectivity index (χ4n) is 2.15. The SMILES string of the molecule is CCc1nnc(C2C(=N)SC(=Cc3ccc(C)cc3)C2=O)s1. The second kappa shape index (κ2) is 6.14. The van der Waals surface area contributed by atoms with Gasteiger partial charge in [-0.2, -0.15) is 0 Å². The molecule has 0 aliphatic carbocycles. The summed E-state index contributed by atoms with van der Waals surface area (Å²) in [6.07, 6.45) is 2.65. The smallest absolute Gasteiger partial charge is 0.186 e. The van der Waals surface area contributed by atoms with Gasteiger partial charge in [0.25, 0.3) is 0 Å². The second-order valence-corrected chi connectivity index (χ2v) is 7.25. The third-order valence-corrected chi connectivity index (χ3v) is 5.52. The van der Waals surface area contributed by atoms with Crippen LogP contribution < -0.4 is 0 Å². The van der Waals surface area contributed by atoms with Gasteiger partial charge in [-0.25, -0.2) is 0 Å². The molecule has 1 atom stereocenters. The average molecular weight is 329 g/mol. The van der Waals surface area contributed by atoms with Crippen LogP contribution in [-0.2, 0) is 11.2 Å². The minimum atomic E-state index is -0.570. The molecular weight excluding hydrogens is 314 g/mol. The first-order valence-electron chi connectivity index (χ1n) is 6.99. The van der Waals surface area contributed by atoms with Gasteiger partial charge in [0.1, 0.15) is 15.9 Å². The molecule has 4 nitrogen and oxygen atoms in total. The number of carbonyl (C=O) groups excluding carboxylic acids is 1. The number of nitrogens with zero attached hydrogens (tertiary/aromatic N) is 2. The first-order valence-corrected chi connectivity index (χ1v) is 8.63. The number of carbonyl (C=O) groups is 1. The highest BCUT2D eigenvalue weighted by atomic mass is 32.2. The van der Waals surface area contributed by atoms with Crippen molar-refractivity contribution in [3.63, 3.8) is 0 Å². The summed E-state index contributed by atoms with van der Waals surface area (Å²) in [5.41, 5.74) is 2.15. The Bertz CT molecular complexity index is 762. The van der Waals surface area contributed by atoms with E-state index in [4.69, 9.17) is 5.41 Å². The Hall–Kier alpha value is -1.79. The number of benzene rings is 1. The molecule has 2 aromatic rings. The summed E-state index contributed by atoms with van der Waals surface area (Å²) in [6, 6.07) is 7.98. The number of ketones is 1. The molecule has 1 aliphatic rings. The molecule has 1 aromatic heterocycles. The molecule has 0 amide bonds. The van der Waals surface area contributed by atoms with Crippen molar-refractivity contribution in [2.45, 2.75) is 26.2 Å². The minimum absolute atomic E-state index is 0.0469. The molecule has 0 spiro atoms. The largest absolute Gasteiger partial charge is 0.297 e. The molecule has 6 heteroatoms. The molecule has 1 N–H and O–H groups in total. The Morgan fingerprint density at radius 3 is 2.64 bits per heavy atom. The van der Waals surface area contributed by atoms with Crippen LogP contribution in [0.5, 0.6) is 0 Å². The third-order valence-electron chi connectivity index (χ3n) is 3.39. The maximum atomic E-state index is 12.6. The van der Waals surface area contributed by atoms with Gasteiger partial charge in [0.2, 0.25) is 0 Å². The Labute approximate surface area is 137 Å². The third kappa shape index (κ3) is 2.89. The molecular formula is C16H15N3OS2. The molecule has 1 fully saturated rings. The van der Waals surface area contributed by atoms with Crippen LogP contribution >= 0.6 is 23.1 Å². The Kier molecular flexibility index (Phi) is 4.22. The highest BCUT2D eigenvalue weighted by Gasteiger charge is 2.39. The van der Waals surface area contributed by atoms with E-state index in [-0.39, 0.29) is 5.78 Å². The van der Waals surface area contributed by atoms with Crippen LogP contribution in [0.4, 0.5) is 0 Å². The standard InChI is InChI=1S/C16H15N3OS2/c1-3-12-18-19-16(22-12)13-14(20)11(21-15(13)17)8-10-6-4-9(2)5-7-10/h4-8,13,17H,3H2,1-2H3. The number of hydrogen-bond donors (Lipinski definition) is 1. The van der Waals surface area contributed by atoms with Gasteiger partial charge in [0.15, 0.2) is 5.78 Å². The van der Waals surface area contributed by atoms with Gasteiger partial charge in [-0.05, 0) is 25.0 Å². The number of Topliss-reactive ketones (excluding diaryl/α,β-unsaturated/α-hetero) is 1. The lowest BCUT2D eigenvalue weighted by molar-refractivity contribution is -0.114. The van der Waals surface area contributed by atoms with Crippen LogP contribution in [0.15, 0.2) is 29.2 Å². The lowest BCUT2D eigenvalue weighted by atomic mass is 10.0. The van der Waals surface area contributed by atoms with Crippen LogP contribution in [0.2, 0.25) is 0 Å². The van der Waals surface area contributed by atoms with Crippen molar-refractivity contribution in [3.8, 4) is 0 Å². The van der Waals surface area contributed by atoms with Crippen molar-refractivity contribution in [3.05, 3.63) is 50.3 Å². The molecule has 1 unspecified atom stereocenters. The van der Waals surface area contributed by atoms with Crippen molar-refractivity contribution in [2.24, 2.45) is 0 Å². The van der Waals surface area contributed by atoms with E-state index in [0.717, 1.165) is 17.0 Å². The topological polar surface area (TPSA) is 66.7 Å². The molecule has 1 aromatic carbocycles. The Morgan fingerprint density at radius 2 is 2.00 bits per heavy atom. The summed E-state index contributed by atoms with van der Waals surface area (Å²) in [7, 11) is 0. The van der Waals surface area contributed by atoms with E-state index in [0.29, 0.717) is 15.0 Å². The maximum absolute atomic E-state index is 12.6. The molecule has 0 bridgehead atoms. The van der Waals surface area contributed by atoms with Crippen LogP contribution in [-0.4, -0.2) is 21.0 Å². The number of aromatic nitrogens is 2. The molecule has 2 heterocycles. The molecule has 22 heavy (non-hydrogen) atoms. The van der Waals surface area contributed by atoms with Gasteiger partial charge in [-0.1, -0.05) is 48.5 Å². The van der Waals surface area contributed by atoms with E-state index in [1.54, 1.807) is 0 Å². The summed E-state index contributed by atoms with van der Waals surface area (Å²) in [4.78, 5) is 13.2. The van der Waals surface area contributed by atoms with Gasteiger partial charge < -0.3 is 0 Å². The lowest BCUT2D eigenvalue weighted by Gasteiger charge is -2.00. The number of thioether (sulfide) groups is 1. The fraction of sp³-hybridized carbons (Fsp3) is 0.250. The van der Waals surface area contributed by atoms with Crippen LogP contribution in [0.1, 0.15) is 34.0 Å². The van der Waals surface area contributed by atoms with Gasteiger partial charge >= 0.3 is 0 Å². The van der Waals surface area contributed by atoms with E-state index in [2.05, 4.69) is 10.2 Å². The average Bonchev–Trinajstić information content (AvgIpc) is 3.07. The van der Waals surface area contributed by atoms with Crippen LogP contribution in [0.3, 0.4) is 0 Å². The zero-order chi connectivity index (χ0) is 15.7. The van der Waals surface area contributed by atoms with Crippen molar-refractivity contribution in [1.29, 1.82) is 5.41 Å². The monoisotopic (exact) mass is 329 g/mol. The number of allylic oxidation sites excluding steroid dienone is 1. The predicted octanol–water partition coefficient (Wildman–Crippen LogP) is 3.83. The van der Waals surface area contributed by atoms with Crippen molar-refractivity contribution < 1.29 is 4.79 Å². The van der Waals surface area contributed by atoms with Gasteiger partial charge in [0.05, 0.1) is 9.95 Å². The lowest BCUT2D eigenvalue weighted by Crippen LogP contribution is -2.11. The number of hydrogen-bond acceptors (Lipinski definition) is 6.